The molecular formula is C10H18N2O3S. The predicted octanol–water partition coefficient (Wildman–Crippen LogP) is 1.02. The van der Waals surface area contributed by atoms with Gasteiger partial charge in [-0.2, -0.15) is 11.8 Å². The van der Waals surface area contributed by atoms with Crippen molar-refractivity contribution < 1.29 is 14.7 Å². The quantitative estimate of drug-likeness (QED) is 0.520. The summed E-state index contributed by atoms with van der Waals surface area (Å²) in [5.74, 6) is 0.614. The van der Waals surface area contributed by atoms with Crippen molar-refractivity contribution in [3.05, 3.63) is 12.7 Å². The van der Waals surface area contributed by atoms with Crippen LogP contribution in [0, 0.1) is 0 Å². The Hall–Kier alpha value is -1.17. The molecule has 0 aromatic rings. The molecule has 0 aromatic heterocycles. The molecular weight excluding hydrogens is 228 g/mol. The van der Waals surface area contributed by atoms with Gasteiger partial charge in [0.15, 0.2) is 0 Å². The molecule has 2 amide bonds. The first-order valence-corrected chi connectivity index (χ1v) is 6.08. The molecule has 2 N–H and O–H groups in total. The molecule has 0 fully saturated rings. The zero-order valence-corrected chi connectivity index (χ0v) is 10.4. The summed E-state index contributed by atoms with van der Waals surface area (Å²) in [7, 11) is 1.46. The van der Waals surface area contributed by atoms with Gasteiger partial charge in [0, 0.05) is 25.1 Å². The highest BCUT2D eigenvalue weighted by Crippen LogP contribution is 1.99. The molecule has 0 bridgehead atoms. The second-order valence-corrected chi connectivity index (χ2v) is 4.37. The highest BCUT2D eigenvalue weighted by atomic mass is 32.2. The molecule has 0 rings (SSSR count). The first-order valence-electron chi connectivity index (χ1n) is 4.92. The fraction of sp³-hybridized carbons (Fsp3) is 0.600. The third kappa shape index (κ3) is 5.65. The zero-order chi connectivity index (χ0) is 12.6. The summed E-state index contributed by atoms with van der Waals surface area (Å²) in [5, 5.41) is 11.4. The number of nitrogens with zero attached hydrogens (tertiary/aromatic N) is 1. The number of carboxylic acid groups (broad SMARTS) is 1. The van der Waals surface area contributed by atoms with Gasteiger partial charge in [-0.25, -0.2) is 9.59 Å². The lowest BCUT2D eigenvalue weighted by Crippen LogP contribution is -2.46. The maximum Gasteiger partial charge on any atom is 0.326 e. The van der Waals surface area contributed by atoms with E-state index in [-0.39, 0.29) is 6.03 Å². The van der Waals surface area contributed by atoms with Gasteiger partial charge in [-0.3, -0.25) is 0 Å². The number of carbonyl (C=O) groups is 2. The fourth-order valence-electron chi connectivity index (χ4n) is 0.863. The number of rotatable bonds is 7. The van der Waals surface area contributed by atoms with E-state index in [1.165, 1.54) is 18.9 Å². The van der Waals surface area contributed by atoms with Crippen molar-refractivity contribution >= 4 is 23.8 Å². The Morgan fingerprint density at radius 1 is 1.62 bits per heavy atom. The molecule has 1 atom stereocenters. The van der Waals surface area contributed by atoms with E-state index in [0.717, 1.165) is 11.5 Å². The maximum atomic E-state index is 11.4. The highest BCUT2D eigenvalue weighted by Gasteiger charge is 2.20. The van der Waals surface area contributed by atoms with Crippen LogP contribution in [0.1, 0.15) is 6.92 Å². The van der Waals surface area contributed by atoms with E-state index in [9.17, 15) is 9.59 Å². The molecule has 0 aromatic carbocycles. The average Bonchev–Trinajstić information content (AvgIpc) is 2.26. The van der Waals surface area contributed by atoms with Gasteiger partial charge in [0.25, 0.3) is 0 Å². The second-order valence-electron chi connectivity index (χ2n) is 3.22. The van der Waals surface area contributed by atoms with E-state index in [0.29, 0.717) is 6.54 Å². The van der Waals surface area contributed by atoms with E-state index < -0.39 is 12.0 Å². The SMILES string of the molecule is C=CCSCCNC(=O)N(C)C(C)C(=O)O. The van der Waals surface area contributed by atoms with E-state index in [1.54, 1.807) is 17.8 Å². The molecule has 0 heterocycles. The summed E-state index contributed by atoms with van der Waals surface area (Å²) >= 11 is 1.65. The van der Waals surface area contributed by atoms with E-state index in [2.05, 4.69) is 11.9 Å². The van der Waals surface area contributed by atoms with Crippen LogP contribution in [0.3, 0.4) is 0 Å². The van der Waals surface area contributed by atoms with Crippen LogP contribution in [0.5, 0.6) is 0 Å². The minimum Gasteiger partial charge on any atom is -0.480 e. The second kappa shape index (κ2) is 8.04. The number of carboxylic acids is 1. The summed E-state index contributed by atoms with van der Waals surface area (Å²) < 4.78 is 0. The molecule has 1 unspecified atom stereocenters. The molecule has 0 radical (unpaired) electrons. The van der Waals surface area contributed by atoms with Crippen LogP contribution >= 0.6 is 11.8 Å². The van der Waals surface area contributed by atoms with Gasteiger partial charge in [0.2, 0.25) is 0 Å². The number of nitrogens with one attached hydrogen (secondary N) is 1. The van der Waals surface area contributed by atoms with Gasteiger partial charge in [-0.1, -0.05) is 6.08 Å². The third-order valence-corrected chi connectivity index (χ3v) is 2.98. The smallest absolute Gasteiger partial charge is 0.326 e. The van der Waals surface area contributed by atoms with Gasteiger partial charge < -0.3 is 15.3 Å². The first kappa shape index (κ1) is 14.8. The molecule has 0 aliphatic carbocycles. The summed E-state index contributed by atoms with van der Waals surface area (Å²) in [6.07, 6.45) is 1.80. The van der Waals surface area contributed by atoms with Gasteiger partial charge in [-0.05, 0) is 6.92 Å². The Morgan fingerprint density at radius 3 is 2.75 bits per heavy atom. The van der Waals surface area contributed by atoms with Gasteiger partial charge >= 0.3 is 12.0 Å². The molecule has 92 valence electrons. The lowest BCUT2D eigenvalue weighted by atomic mass is 10.3. The van der Waals surface area contributed by atoms with Crippen LogP contribution in [0.15, 0.2) is 12.7 Å². The van der Waals surface area contributed by atoms with Crippen molar-refractivity contribution in [3.63, 3.8) is 0 Å². The summed E-state index contributed by atoms with van der Waals surface area (Å²) in [4.78, 5) is 23.2. The summed E-state index contributed by atoms with van der Waals surface area (Å²) in [6, 6.07) is -1.19. The number of aliphatic carboxylic acids is 1. The van der Waals surface area contributed by atoms with Crippen LogP contribution in [0.2, 0.25) is 0 Å². The minimum absolute atomic E-state index is 0.367. The number of amides is 2. The number of thioether (sulfide) groups is 1. The molecule has 6 heteroatoms. The Bertz CT molecular complexity index is 258. The summed E-state index contributed by atoms with van der Waals surface area (Å²) in [6.45, 7) is 5.57. The van der Waals surface area contributed by atoms with Crippen molar-refractivity contribution in [2.45, 2.75) is 13.0 Å². The average molecular weight is 246 g/mol. The van der Waals surface area contributed by atoms with Crippen LogP contribution < -0.4 is 5.32 Å². The highest BCUT2D eigenvalue weighted by molar-refractivity contribution is 7.99. The molecule has 16 heavy (non-hydrogen) atoms. The molecule has 0 aliphatic rings. The Morgan fingerprint density at radius 2 is 2.25 bits per heavy atom. The molecule has 0 aliphatic heterocycles. The first-order chi connectivity index (χ1) is 7.50. The zero-order valence-electron chi connectivity index (χ0n) is 9.60. The normalized spacial score (nSPS) is 11.6. The number of likely N-dealkylation sites (N-methyl/N-ethyl adjacent to an activating group) is 1. The van der Waals surface area contributed by atoms with Gasteiger partial charge in [0.1, 0.15) is 6.04 Å². The molecule has 0 saturated carbocycles. The Labute approximate surface area is 99.9 Å². The topological polar surface area (TPSA) is 69.6 Å². The van der Waals surface area contributed by atoms with Crippen molar-refractivity contribution in [3.8, 4) is 0 Å². The largest absolute Gasteiger partial charge is 0.480 e. The number of urea groups is 1. The number of hydrogen-bond acceptors (Lipinski definition) is 3. The van der Waals surface area contributed by atoms with Crippen LogP contribution in [0.25, 0.3) is 0 Å². The number of hydrogen-bond donors (Lipinski definition) is 2. The lowest BCUT2D eigenvalue weighted by molar-refractivity contribution is -0.141. The molecule has 0 spiro atoms. The van der Waals surface area contributed by atoms with Crippen molar-refractivity contribution in [1.29, 1.82) is 0 Å². The van der Waals surface area contributed by atoms with E-state index >= 15 is 0 Å². The Kier molecular flexibility index (Phi) is 7.45. The van der Waals surface area contributed by atoms with E-state index in [1.807, 2.05) is 0 Å². The van der Waals surface area contributed by atoms with Crippen molar-refractivity contribution in [2.75, 3.05) is 25.1 Å². The summed E-state index contributed by atoms with van der Waals surface area (Å²) in [5.41, 5.74) is 0. The van der Waals surface area contributed by atoms with Crippen molar-refractivity contribution in [2.24, 2.45) is 0 Å². The predicted molar refractivity (Wildman–Crippen MR) is 65.8 cm³/mol. The van der Waals surface area contributed by atoms with Gasteiger partial charge in [0.05, 0.1) is 0 Å². The lowest BCUT2D eigenvalue weighted by Gasteiger charge is -2.21. The molecule has 0 saturated heterocycles. The third-order valence-electron chi connectivity index (χ3n) is 2.02. The van der Waals surface area contributed by atoms with Crippen LogP contribution in [0.4, 0.5) is 4.79 Å². The maximum absolute atomic E-state index is 11.4. The van der Waals surface area contributed by atoms with Crippen molar-refractivity contribution in [1.82, 2.24) is 10.2 Å². The van der Waals surface area contributed by atoms with Gasteiger partial charge in [-0.15, -0.1) is 6.58 Å². The minimum atomic E-state index is -1.02. The standard InChI is InChI=1S/C10H18N2O3S/c1-4-6-16-7-5-11-10(15)12(3)8(2)9(13)14/h4,8H,1,5-7H2,2-3H3,(H,11,15)(H,13,14). The fourth-order valence-corrected chi connectivity index (χ4v) is 1.44. The van der Waals surface area contributed by atoms with Crippen LogP contribution in [-0.4, -0.2) is 53.1 Å². The number of carbonyl (C=O) groups excluding carboxylic acids is 1. The monoisotopic (exact) mass is 246 g/mol. The molecule has 5 nitrogen and oxygen atoms in total. The Balaban J connectivity index is 3.79. The van der Waals surface area contributed by atoms with E-state index in [4.69, 9.17) is 5.11 Å². The van der Waals surface area contributed by atoms with Crippen LogP contribution in [-0.2, 0) is 4.79 Å².